The summed E-state index contributed by atoms with van der Waals surface area (Å²) in [7, 11) is 0. The number of carbonyl (C=O) groups excluding carboxylic acids is 1. The van der Waals surface area contributed by atoms with Crippen LogP contribution in [0.1, 0.15) is 37.2 Å². The second-order valence-corrected chi connectivity index (χ2v) is 5.59. The van der Waals surface area contributed by atoms with Gasteiger partial charge in [-0.05, 0) is 38.8 Å². The fourth-order valence-electron chi connectivity index (χ4n) is 2.71. The highest BCUT2D eigenvalue weighted by atomic mass is 16.2. The molecular weight excluding hydrogens is 254 g/mol. The lowest BCUT2D eigenvalue weighted by Gasteiger charge is -2.20. The molecule has 6 nitrogen and oxygen atoms in total. The van der Waals surface area contributed by atoms with Gasteiger partial charge in [-0.3, -0.25) is 9.48 Å². The standard InChI is InChI=1S/C14H25N5O/c1-3-19-13(12(15)9-17-19)14(20)16-8-11(2)10-18-6-4-5-7-18/h9,11H,3-8,10,15H2,1-2H3,(H,16,20). The fraction of sp³-hybridized carbons (Fsp3) is 0.714. The number of likely N-dealkylation sites (tertiary alicyclic amines) is 1. The second kappa shape index (κ2) is 6.74. The lowest BCUT2D eigenvalue weighted by atomic mass is 10.1. The van der Waals surface area contributed by atoms with Crippen LogP contribution in [0.3, 0.4) is 0 Å². The molecule has 1 aromatic rings. The molecule has 20 heavy (non-hydrogen) atoms. The van der Waals surface area contributed by atoms with E-state index in [0.29, 0.717) is 30.4 Å². The van der Waals surface area contributed by atoms with E-state index in [0.717, 1.165) is 6.54 Å². The van der Waals surface area contributed by atoms with Crippen LogP contribution in [0.5, 0.6) is 0 Å². The first-order valence-corrected chi connectivity index (χ1v) is 7.43. The number of aryl methyl sites for hydroxylation is 1. The number of nitrogens with one attached hydrogen (secondary N) is 1. The molecule has 1 aliphatic heterocycles. The van der Waals surface area contributed by atoms with Crippen molar-refractivity contribution in [3.63, 3.8) is 0 Å². The van der Waals surface area contributed by atoms with Gasteiger partial charge in [0.1, 0.15) is 5.69 Å². The van der Waals surface area contributed by atoms with Crippen molar-refractivity contribution in [2.24, 2.45) is 5.92 Å². The van der Waals surface area contributed by atoms with Gasteiger partial charge in [0.25, 0.3) is 5.91 Å². The Kier molecular flexibility index (Phi) is 5.00. The molecule has 1 aromatic heterocycles. The lowest BCUT2D eigenvalue weighted by Crippen LogP contribution is -2.35. The zero-order valence-electron chi connectivity index (χ0n) is 12.4. The quantitative estimate of drug-likeness (QED) is 0.813. The number of carbonyl (C=O) groups is 1. The van der Waals surface area contributed by atoms with E-state index in [1.807, 2.05) is 6.92 Å². The average molecular weight is 279 g/mol. The van der Waals surface area contributed by atoms with Gasteiger partial charge in [-0.2, -0.15) is 5.10 Å². The molecule has 0 bridgehead atoms. The predicted molar refractivity (Wildman–Crippen MR) is 79.5 cm³/mol. The van der Waals surface area contributed by atoms with E-state index in [9.17, 15) is 4.79 Å². The predicted octanol–water partition coefficient (Wildman–Crippen LogP) is 0.947. The molecule has 2 heterocycles. The van der Waals surface area contributed by atoms with Crippen molar-refractivity contribution in [2.75, 3.05) is 31.9 Å². The van der Waals surface area contributed by atoms with Gasteiger partial charge in [-0.1, -0.05) is 6.92 Å². The number of aromatic nitrogens is 2. The van der Waals surface area contributed by atoms with Gasteiger partial charge in [0.15, 0.2) is 0 Å². The summed E-state index contributed by atoms with van der Waals surface area (Å²) in [5, 5.41) is 7.06. The minimum absolute atomic E-state index is 0.130. The number of hydrogen-bond acceptors (Lipinski definition) is 4. The third-order valence-electron chi connectivity index (χ3n) is 3.76. The minimum Gasteiger partial charge on any atom is -0.396 e. The molecule has 3 N–H and O–H groups in total. The molecule has 0 spiro atoms. The molecule has 0 aromatic carbocycles. The monoisotopic (exact) mass is 279 g/mol. The first-order valence-electron chi connectivity index (χ1n) is 7.43. The maximum Gasteiger partial charge on any atom is 0.271 e. The molecule has 0 saturated carbocycles. The maximum absolute atomic E-state index is 12.2. The largest absolute Gasteiger partial charge is 0.396 e. The third kappa shape index (κ3) is 3.50. The van der Waals surface area contributed by atoms with E-state index in [-0.39, 0.29) is 5.91 Å². The van der Waals surface area contributed by atoms with E-state index in [1.54, 1.807) is 4.68 Å². The molecule has 112 valence electrons. The summed E-state index contributed by atoms with van der Waals surface area (Å²) < 4.78 is 1.63. The normalized spacial score (nSPS) is 17.3. The number of nitrogen functional groups attached to an aromatic ring is 1. The average Bonchev–Trinajstić information content (AvgIpc) is 3.05. The van der Waals surface area contributed by atoms with Crippen molar-refractivity contribution in [3.8, 4) is 0 Å². The zero-order valence-corrected chi connectivity index (χ0v) is 12.4. The van der Waals surface area contributed by atoms with Gasteiger partial charge in [-0.15, -0.1) is 0 Å². The molecule has 1 aliphatic rings. The highest BCUT2D eigenvalue weighted by molar-refractivity contribution is 5.97. The number of nitrogens with two attached hydrogens (primary N) is 1. The van der Waals surface area contributed by atoms with Crippen molar-refractivity contribution in [1.29, 1.82) is 0 Å². The minimum atomic E-state index is -0.130. The maximum atomic E-state index is 12.2. The third-order valence-corrected chi connectivity index (χ3v) is 3.76. The van der Waals surface area contributed by atoms with Crippen molar-refractivity contribution in [3.05, 3.63) is 11.9 Å². The van der Waals surface area contributed by atoms with Gasteiger partial charge in [-0.25, -0.2) is 0 Å². The highest BCUT2D eigenvalue weighted by Gasteiger charge is 2.18. The van der Waals surface area contributed by atoms with E-state index in [1.165, 1.54) is 32.1 Å². The van der Waals surface area contributed by atoms with Crippen LogP contribution in [0.15, 0.2) is 6.20 Å². The van der Waals surface area contributed by atoms with Crippen LogP contribution >= 0.6 is 0 Å². The van der Waals surface area contributed by atoms with E-state index in [4.69, 9.17) is 5.73 Å². The first kappa shape index (κ1) is 14.8. The zero-order chi connectivity index (χ0) is 14.5. The SMILES string of the molecule is CCn1ncc(N)c1C(=O)NCC(C)CN1CCCC1. The molecule has 1 amide bonds. The van der Waals surface area contributed by atoms with Gasteiger partial charge in [0, 0.05) is 19.6 Å². The summed E-state index contributed by atoms with van der Waals surface area (Å²) in [4.78, 5) is 14.6. The Hall–Kier alpha value is -1.56. The molecule has 0 aliphatic carbocycles. The molecule has 1 fully saturated rings. The lowest BCUT2D eigenvalue weighted by molar-refractivity contribution is 0.0935. The number of nitrogens with zero attached hydrogens (tertiary/aromatic N) is 3. The Morgan fingerprint density at radius 3 is 2.85 bits per heavy atom. The molecule has 2 rings (SSSR count). The Morgan fingerprint density at radius 2 is 2.20 bits per heavy atom. The van der Waals surface area contributed by atoms with Crippen LogP contribution in [0, 0.1) is 5.92 Å². The van der Waals surface area contributed by atoms with Crippen molar-refractivity contribution in [2.45, 2.75) is 33.2 Å². The molecule has 6 heteroatoms. The Morgan fingerprint density at radius 1 is 1.50 bits per heavy atom. The van der Waals surface area contributed by atoms with Crippen LogP contribution in [0.25, 0.3) is 0 Å². The van der Waals surface area contributed by atoms with Gasteiger partial charge >= 0.3 is 0 Å². The van der Waals surface area contributed by atoms with E-state index < -0.39 is 0 Å². The van der Waals surface area contributed by atoms with Crippen molar-refractivity contribution < 1.29 is 4.79 Å². The summed E-state index contributed by atoms with van der Waals surface area (Å²) in [6.07, 6.45) is 4.13. The fourth-order valence-corrected chi connectivity index (χ4v) is 2.71. The number of amides is 1. The van der Waals surface area contributed by atoms with Gasteiger partial charge in [0.2, 0.25) is 0 Å². The topological polar surface area (TPSA) is 76.2 Å². The van der Waals surface area contributed by atoms with Crippen molar-refractivity contribution in [1.82, 2.24) is 20.0 Å². The summed E-state index contributed by atoms with van der Waals surface area (Å²) in [5.74, 6) is 0.311. The molecule has 1 unspecified atom stereocenters. The van der Waals surface area contributed by atoms with Crippen LogP contribution < -0.4 is 11.1 Å². The number of hydrogen-bond donors (Lipinski definition) is 2. The van der Waals surface area contributed by atoms with Crippen LogP contribution in [0.4, 0.5) is 5.69 Å². The summed E-state index contributed by atoms with van der Waals surface area (Å²) in [5.41, 5.74) is 6.72. The summed E-state index contributed by atoms with van der Waals surface area (Å²) >= 11 is 0. The molecule has 0 radical (unpaired) electrons. The summed E-state index contributed by atoms with van der Waals surface area (Å²) in [6, 6.07) is 0. The molecular formula is C14H25N5O. The van der Waals surface area contributed by atoms with E-state index >= 15 is 0 Å². The molecule has 1 atom stereocenters. The second-order valence-electron chi connectivity index (χ2n) is 5.59. The Labute approximate surface area is 120 Å². The smallest absolute Gasteiger partial charge is 0.271 e. The van der Waals surface area contributed by atoms with Gasteiger partial charge < -0.3 is 16.0 Å². The summed E-state index contributed by atoms with van der Waals surface area (Å²) in [6.45, 7) is 8.84. The van der Waals surface area contributed by atoms with Gasteiger partial charge in [0.05, 0.1) is 11.9 Å². The van der Waals surface area contributed by atoms with E-state index in [2.05, 4.69) is 22.2 Å². The van der Waals surface area contributed by atoms with Crippen LogP contribution in [0.2, 0.25) is 0 Å². The van der Waals surface area contributed by atoms with Crippen LogP contribution in [-0.4, -0.2) is 46.8 Å². The molecule has 1 saturated heterocycles. The Balaban J connectivity index is 1.83. The first-order chi connectivity index (χ1) is 9.61. The van der Waals surface area contributed by atoms with Crippen molar-refractivity contribution >= 4 is 11.6 Å². The Bertz CT molecular complexity index is 450. The van der Waals surface area contributed by atoms with Crippen LogP contribution in [-0.2, 0) is 6.54 Å². The number of rotatable bonds is 6. The highest BCUT2D eigenvalue weighted by Crippen LogP contribution is 2.12. The number of anilines is 1.